The molecule has 3 nitrogen and oxygen atoms in total. The van der Waals surface area contributed by atoms with Crippen LogP contribution in [0.5, 0.6) is 5.75 Å². The van der Waals surface area contributed by atoms with Crippen LogP contribution in [0.1, 0.15) is 11.1 Å². The van der Waals surface area contributed by atoms with Gasteiger partial charge in [0, 0.05) is 18.1 Å². The normalized spacial score (nSPS) is 13.5. The van der Waals surface area contributed by atoms with Crippen molar-refractivity contribution in [3.05, 3.63) is 58.6 Å². The third-order valence-corrected chi connectivity index (χ3v) is 4.42. The number of ether oxygens (including phenoxy) is 1. The Morgan fingerprint density at radius 2 is 2.00 bits per heavy atom. The van der Waals surface area contributed by atoms with E-state index in [-0.39, 0.29) is 0 Å². The lowest BCUT2D eigenvalue weighted by Gasteiger charge is -2.31. The molecular formula is C17H17ClN2OS. The third kappa shape index (κ3) is 3.18. The van der Waals surface area contributed by atoms with E-state index in [0.29, 0.717) is 10.1 Å². The van der Waals surface area contributed by atoms with Crippen molar-refractivity contribution in [3.8, 4) is 5.75 Å². The van der Waals surface area contributed by atoms with Crippen LogP contribution in [0.4, 0.5) is 5.69 Å². The highest BCUT2D eigenvalue weighted by Gasteiger charge is 2.18. The van der Waals surface area contributed by atoms with Crippen molar-refractivity contribution in [2.45, 2.75) is 13.0 Å². The molecule has 1 aliphatic heterocycles. The fourth-order valence-corrected chi connectivity index (χ4v) is 3.08. The first-order chi connectivity index (χ1) is 10.7. The van der Waals surface area contributed by atoms with Crippen LogP contribution in [0.2, 0.25) is 5.02 Å². The number of thiocarbonyl (C=S) groups is 1. The zero-order valence-corrected chi connectivity index (χ0v) is 13.9. The van der Waals surface area contributed by atoms with E-state index < -0.39 is 0 Å². The molecule has 2 aromatic rings. The van der Waals surface area contributed by atoms with Crippen LogP contribution in [0, 0.1) is 0 Å². The van der Waals surface area contributed by atoms with E-state index in [2.05, 4.69) is 34.5 Å². The Balaban J connectivity index is 1.75. The number of halogens is 1. The summed E-state index contributed by atoms with van der Waals surface area (Å²) in [7, 11) is 1.63. The van der Waals surface area contributed by atoms with Crippen molar-refractivity contribution < 1.29 is 4.74 Å². The van der Waals surface area contributed by atoms with Gasteiger partial charge in [0.05, 0.1) is 12.8 Å². The molecule has 114 valence electrons. The molecule has 0 fully saturated rings. The smallest absolute Gasteiger partial charge is 0.173 e. The maximum Gasteiger partial charge on any atom is 0.173 e. The molecular weight excluding hydrogens is 316 g/mol. The lowest BCUT2D eigenvalue weighted by Crippen LogP contribution is -2.38. The molecule has 5 heteroatoms. The fourth-order valence-electron chi connectivity index (χ4n) is 2.64. The minimum absolute atomic E-state index is 0.648. The summed E-state index contributed by atoms with van der Waals surface area (Å²) in [5, 5.41) is 4.59. The van der Waals surface area contributed by atoms with E-state index in [9.17, 15) is 0 Å². The number of benzene rings is 2. The minimum Gasteiger partial charge on any atom is -0.495 e. The first-order valence-corrected chi connectivity index (χ1v) is 7.92. The van der Waals surface area contributed by atoms with E-state index in [1.54, 1.807) is 13.2 Å². The van der Waals surface area contributed by atoms with E-state index in [4.69, 9.17) is 28.6 Å². The number of nitrogens with one attached hydrogen (secondary N) is 1. The number of nitrogens with zero attached hydrogens (tertiary/aromatic N) is 1. The van der Waals surface area contributed by atoms with Crippen LogP contribution in [-0.4, -0.2) is 23.7 Å². The van der Waals surface area contributed by atoms with Gasteiger partial charge in [0.2, 0.25) is 0 Å². The Kier molecular flexibility index (Phi) is 4.50. The van der Waals surface area contributed by atoms with Crippen molar-refractivity contribution in [1.29, 1.82) is 0 Å². The second-order valence-corrected chi connectivity index (χ2v) is 6.04. The number of fused-ring (bicyclic) bond motifs is 1. The predicted molar refractivity (Wildman–Crippen MR) is 94.8 cm³/mol. The SMILES string of the molecule is COc1ccc(Cl)cc1NC(=S)N1CCc2ccccc2C1. The van der Waals surface area contributed by atoms with E-state index in [1.165, 1.54) is 11.1 Å². The van der Waals surface area contributed by atoms with Gasteiger partial charge in [-0.2, -0.15) is 0 Å². The van der Waals surface area contributed by atoms with Gasteiger partial charge in [-0.15, -0.1) is 0 Å². The molecule has 0 spiro atoms. The Morgan fingerprint density at radius 1 is 1.23 bits per heavy atom. The average molecular weight is 333 g/mol. The Labute approximate surface area is 140 Å². The highest BCUT2D eigenvalue weighted by atomic mass is 35.5. The summed E-state index contributed by atoms with van der Waals surface area (Å²) in [5.41, 5.74) is 3.52. The Morgan fingerprint density at radius 3 is 2.77 bits per heavy atom. The molecule has 22 heavy (non-hydrogen) atoms. The van der Waals surface area contributed by atoms with Gasteiger partial charge in [0.1, 0.15) is 5.75 Å². The Hall–Kier alpha value is -1.78. The summed E-state index contributed by atoms with van der Waals surface area (Å²) < 4.78 is 5.35. The fraction of sp³-hybridized carbons (Fsp3) is 0.235. The number of anilines is 1. The van der Waals surface area contributed by atoms with Crippen molar-refractivity contribution >= 4 is 34.6 Å². The highest BCUT2D eigenvalue weighted by Crippen LogP contribution is 2.28. The van der Waals surface area contributed by atoms with Crippen LogP contribution in [0.3, 0.4) is 0 Å². The van der Waals surface area contributed by atoms with Crippen LogP contribution in [-0.2, 0) is 13.0 Å². The summed E-state index contributed by atoms with van der Waals surface area (Å²) in [6.07, 6.45) is 1.00. The lowest BCUT2D eigenvalue weighted by molar-refractivity contribution is 0.398. The molecule has 0 amide bonds. The second-order valence-electron chi connectivity index (χ2n) is 5.22. The second kappa shape index (κ2) is 6.55. The maximum absolute atomic E-state index is 6.06. The molecule has 0 radical (unpaired) electrons. The topological polar surface area (TPSA) is 24.5 Å². The minimum atomic E-state index is 0.648. The molecule has 2 aromatic carbocycles. The quantitative estimate of drug-likeness (QED) is 0.837. The van der Waals surface area contributed by atoms with Gasteiger partial charge in [-0.3, -0.25) is 0 Å². The van der Waals surface area contributed by atoms with Crippen molar-refractivity contribution in [2.24, 2.45) is 0 Å². The maximum atomic E-state index is 6.06. The van der Waals surface area contributed by atoms with E-state index >= 15 is 0 Å². The molecule has 0 unspecified atom stereocenters. The average Bonchev–Trinajstić information content (AvgIpc) is 2.54. The third-order valence-electron chi connectivity index (χ3n) is 3.82. The van der Waals surface area contributed by atoms with Gasteiger partial charge in [0.25, 0.3) is 0 Å². The summed E-state index contributed by atoms with van der Waals surface area (Å²) in [6.45, 7) is 1.73. The van der Waals surface area contributed by atoms with Crippen LogP contribution >= 0.6 is 23.8 Å². The Bertz CT molecular complexity index is 705. The number of hydrogen-bond donors (Lipinski definition) is 1. The molecule has 1 aliphatic rings. The van der Waals surface area contributed by atoms with Gasteiger partial charge in [-0.05, 0) is 48.0 Å². The molecule has 1 heterocycles. The van der Waals surface area contributed by atoms with E-state index in [0.717, 1.165) is 30.9 Å². The molecule has 0 atom stereocenters. The van der Waals surface area contributed by atoms with Gasteiger partial charge in [-0.25, -0.2) is 0 Å². The zero-order valence-electron chi connectivity index (χ0n) is 12.3. The summed E-state index contributed by atoms with van der Waals surface area (Å²) in [5.74, 6) is 0.726. The molecule has 0 aliphatic carbocycles. The number of hydrogen-bond acceptors (Lipinski definition) is 2. The first-order valence-electron chi connectivity index (χ1n) is 7.13. The van der Waals surface area contributed by atoms with Gasteiger partial charge in [-0.1, -0.05) is 35.9 Å². The summed E-state index contributed by atoms with van der Waals surface area (Å²) >= 11 is 11.6. The monoisotopic (exact) mass is 332 g/mol. The molecule has 0 saturated carbocycles. The lowest BCUT2D eigenvalue weighted by atomic mass is 10.0. The van der Waals surface area contributed by atoms with Gasteiger partial charge >= 0.3 is 0 Å². The van der Waals surface area contributed by atoms with Crippen molar-refractivity contribution in [1.82, 2.24) is 4.90 Å². The van der Waals surface area contributed by atoms with Crippen LogP contribution in [0.25, 0.3) is 0 Å². The number of rotatable bonds is 2. The van der Waals surface area contributed by atoms with Crippen LogP contribution < -0.4 is 10.1 Å². The standard InChI is InChI=1S/C17H17ClN2OS/c1-21-16-7-6-14(18)10-15(16)19-17(22)20-9-8-12-4-2-3-5-13(12)11-20/h2-7,10H,8-9,11H2,1H3,(H,19,22). The molecule has 1 N–H and O–H groups in total. The molecule has 0 aromatic heterocycles. The van der Waals surface area contributed by atoms with E-state index in [1.807, 2.05) is 12.1 Å². The first kappa shape index (κ1) is 15.1. The van der Waals surface area contributed by atoms with Gasteiger partial charge < -0.3 is 15.0 Å². The van der Waals surface area contributed by atoms with Crippen LogP contribution in [0.15, 0.2) is 42.5 Å². The number of methoxy groups -OCH3 is 1. The van der Waals surface area contributed by atoms with Gasteiger partial charge in [0.15, 0.2) is 5.11 Å². The zero-order chi connectivity index (χ0) is 15.5. The largest absolute Gasteiger partial charge is 0.495 e. The predicted octanol–water partition coefficient (Wildman–Crippen LogP) is 4.10. The highest BCUT2D eigenvalue weighted by molar-refractivity contribution is 7.80. The molecule has 0 bridgehead atoms. The van der Waals surface area contributed by atoms with Crippen molar-refractivity contribution in [2.75, 3.05) is 19.0 Å². The van der Waals surface area contributed by atoms with Crippen molar-refractivity contribution in [3.63, 3.8) is 0 Å². The summed E-state index contributed by atoms with van der Waals surface area (Å²) in [4.78, 5) is 2.16. The summed E-state index contributed by atoms with van der Waals surface area (Å²) in [6, 6.07) is 13.9. The molecule has 3 rings (SSSR count). The molecule has 0 saturated heterocycles.